The normalized spacial score (nSPS) is 16.0. The number of aryl methyl sites for hydroxylation is 1. The number of hydrogen-bond donors (Lipinski definition) is 1. The largest absolute Gasteiger partial charge is 0.485 e. The van der Waals surface area contributed by atoms with Crippen LogP contribution in [0, 0.1) is 6.92 Å². The summed E-state index contributed by atoms with van der Waals surface area (Å²) >= 11 is 0. The zero-order valence-corrected chi connectivity index (χ0v) is 13.2. The van der Waals surface area contributed by atoms with E-state index in [1.54, 1.807) is 6.07 Å². The van der Waals surface area contributed by atoms with Crippen LogP contribution in [0.3, 0.4) is 0 Å². The fraction of sp³-hybridized carbons (Fsp3) is 0.158. The Labute approximate surface area is 139 Å². The molecule has 5 heteroatoms. The van der Waals surface area contributed by atoms with Crippen LogP contribution in [0.25, 0.3) is 10.9 Å². The third-order valence-corrected chi connectivity index (χ3v) is 3.92. The molecule has 2 heterocycles. The molecule has 0 saturated heterocycles. The molecular formula is C19H16N2O3. The van der Waals surface area contributed by atoms with E-state index in [2.05, 4.69) is 10.3 Å². The molecule has 1 aliphatic rings. The molecule has 24 heavy (non-hydrogen) atoms. The average molecular weight is 320 g/mol. The summed E-state index contributed by atoms with van der Waals surface area (Å²) in [4.78, 5) is 17.1. The van der Waals surface area contributed by atoms with Crippen LogP contribution in [-0.2, 0) is 4.79 Å². The van der Waals surface area contributed by atoms with Gasteiger partial charge in [0, 0.05) is 11.1 Å². The summed E-state index contributed by atoms with van der Waals surface area (Å²) in [5, 5.41) is 3.88. The van der Waals surface area contributed by atoms with Gasteiger partial charge in [0.15, 0.2) is 11.5 Å². The number of nitrogens with zero attached hydrogens (tertiary/aromatic N) is 1. The Morgan fingerprint density at radius 3 is 2.79 bits per heavy atom. The lowest BCUT2D eigenvalue weighted by Crippen LogP contribution is -2.40. The maximum Gasteiger partial charge on any atom is 0.269 e. The second kappa shape index (κ2) is 5.85. The average Bonchev–Trinajstić information content (AvgIpc) is 2.62. The minimum absolute atomic E-state index is 0.181. The van der Waals surface area contributed by atoms with Crippen molar-refractivity contribution in [2.45, 2.75) is 13.0 Å². The van der Waals surface area contributed by atoms with Gasteiger partial charge in [0.2, 0.25) is 6.10 Å². The van der Waals surface area contributed by atoms with E-state index in [1.165, 1.54) is 0 Å². The van der Waals surface area contributed by atoms with Crippen molar-refractivity contribution in [1.29, 1.82) is 0 Å². The highest BCUT2D eigenvalue weighted by Gasteiger charge is 2.27. The predicted molar refractivity (Wildman–Crippen MR) is 91.5 cm³/mol. The lowest BCUT2D eigenvalue weighted by Gasteiger charge is -2.25. The summed E-state index contributed by atoms with van der Waals surface area (Å²) in [6.07, 6.45) is -0.694. The van der Waals surface area contributed by atoms with Crippen LogP contribution in [0.15, 0.2) is 54.6 Å². The zero-order chi connectivity index (χ0) is 16.5. The molecule has 0 aliphatic carbocycles. The molecule has 0 spiro atoms. The van der Waals surface area contributed by atoms with Crippen LogP contribution in [0.1, 0.15) is 5.69 Å². The topological polar surface area (TPSA) is 60.5 Å². The van der Waals surface area contributed by atoms with Crippen molar-refractivity contribution >= 4 is 22.5 Å². The van der Waals surface area contributed by atoms with Crippen molar-refractivity contribution in [3.63, 3.8) is 0 Å². The Hall–Kier alpha value is -3.08. The number of rotatable bonds is 2. The first-order chi connectivity index (χ1) is 11.7. The Bertz CT molecular complexity index is 923. The predicted octanol–water partition coefficient (Wildman–Crippen LogP) is 3.32. The molecule has 0 unspecified atom stereocenters. The van der Waals surface area contributed by atoms with Crippen molar-refractivity contribution in [2.24, 2.45) is 0 Å². The van der Waals surface area contributed by atoms with Gasteiger partial charge in [0.05, 0.1) is 11.2 Å². The standard InChI is InChI=1S/C19H16N2O3/c1-12-9-10-13-5-4-6-14(18(13)20-12)21-19(22)17-11-23-15-7-2-3-8-16(15)24-17/h2-10,17H,11H2,1H3,(H,21,22)/t17-/m1/s1. The minimum atomic E-state index is -0.694. The summed E-state index contributed by atoms with van der Waals surface area (Å²) in [7, 11) is 0. The van der Waals surface area contributed by atoms with E-state index in [-0.39, 0.29) is 12.5 Å². The molecule has 0 fully saturated rings. The quantitative estimate of drug-likeness (QED) is 0.787. The first-order valence-electron chi connectivity index (χ1n) is 7.76. The van der Waals surface area contributed by atoms with Crippen molar-refractivity contribution in [3.8, 4) is 11.5 Å². The van der Waals surface area contributed by atoms with Gasteiger partial charge in [0.1, 0.15) is 6.61 Å². The smallest absolute Gasteiger partial charge is 0.269 e. The van der Waals surface area contributed by atoms with Gasteiger partial charge >= 0.3 is 0 Å². The molecule has 1 N–H and O–H groups in total. The number of para-hydroxylation sites is 3. The fourth-order valence-corrected chi connectivity index (χ4v) is 2.71. The van der Waals surface area contributed by atoms with Crippen LogP contribution in [-0.4, -0.2) is 23.6 Å². The highest BCUT2D eigenvalue weighted by Crippen LogP contribution is 2.31. The number of pyridine rings is 1. The summed E-state index contributed by atoms with van der Waals surface area (Å²) in [6.45, 7) is 2.10. The number of hydrogen-bond acceptors (Lipinski definition) is 4. The summed E-state index contributed by atoms with van der Waals surface area (Å²) in [5.41, 5.74) is 2.34. The number of ether oxygens (including phenoxy) is 2. The van der Waals surface area contributed by atoms with E-state index in [4.69, 9.17) is 9.47 Å². The molecule has 0 radical (unpaired) electrons. The van der Waals surface area contributed by atoms with Crippen molar-refractivity contribution in [2.75, 3.05) is 11.9 Å². The van der Waals surface area contributed by atoms with Gasteiger partial charge in [-0.15, -0.1) is 0 Å². The summed E-state index contributed by atoms with van der Waals surface area (Å²) in [6, 6.07) is 17.0. The molecule has 5 nitrogen and oxygen atoms in total. The molecule has 0 saturated carbocycles. The monoisotopic (exact) mass is 320 g/mol. The third kappa shape index (κ3) is 2.65. The van der Waals surface area contributed by atoms with Crippen molar-refractivity contribution in [1.82, 2.24) is 4.98 Å². The maximum atomic E-state index is 12.6. The van der Waals surface area contributed by atoms with Gasteiger partial charge in [-0.25, -0.2) is 0 Å². The number of nitrogens with one attached hydrogen (secondary N) is 1. The first-order valence-corrected chi connectivity index (χ1v) is 7.76. The number of amides is 1. The van der Waals surface area contributed by atoms with Gasteiger partial charge in [0.25, 0.3) is 5.91 Å². The van der Waals surface area contributed by atoms with Crippen molar-refractivity contribution < 1.29 is 14.3 Å². The highest BCUT2D eigenvalue weighted by molar-refractivity contribution is 6.02. The van der Waals surface area contributed by atoms with Gasteiger partial charge in [-0.1, -0.05) is 30.3 Å². The maximum absolute atomic E-state index is 12.6. The van der Waals surface area contributed by atoms with Crippen LogP contribution < -0.4 is 14.8 Å². The molecule has 120 valence electrons. The molecule has 4 rings (SSSR count). The van der Waals surface area contributed by atoms with Crippen LogP contribution in [0.2, 0.25) is 0 Å². The van der Waals surface area contributed by atoms with E-state index in [0.29, 0.717) is 17.2 Å². The van der Waals surface area contributed by atoms with Crippen molar-refractivity contribution in [3.05, 3.63) is 60.3 Å². The van der Waals surface area contributed by atoms with E-state index in [0.717, 1.165) is 16.6 Å². The molecule has 3 aromatic rings. The fourth-order valence-electron chi connectivity index (χ4n) is 2.71. The lowest BCUT2D eigenvalue weighted by atomic mass is 10.1. The third-order valence-electron chi connectivity index (χ3n) is 3.92. The Kier molecular flexibility index (Phi) is 3.54. The second-order valence-corrected chi connectivity index (χ2v) is 5.68. The Morgan fingerprint density at radius 2 is 1.92 bits per heavy atom. The number of benzene rings is 2. The van der Waals surface area contributed by atoms with E-state index < -0.39 is 6.10 Å². The highest BCUT2D eigenvalue weighted by atomic mass is 16.6. The zero-order valence-electron chi connectivity index (χ0n) is 13.2. The number of anilines is 1. The van der Waals surface area contributed by atoms with Crippen LogP contribution in [0.4, 0.5) is 5.69 Å². The Morgan fingerprint density at radius 1 is 1.08 bits per heavy atom. The lowest BCUT2D eigenvalue weighted by molar-refractivity contribution is -0.125. The number of carbonyl (C=O) groups excluding carboxylic acids is 1. The number of fused-ring (bicyclic) bond motifs is 2. The van der Waals surface area contributed by atoms with Crippen LogP contribution in [0.5, 0.6) is 11.5 Å². The molecule has 1 amide bonds. The minimum Gasteiger partial charge on any atom is -0.485 e. The first kappa shape index (κ1) is 14.5. The second-order valence-electron chi connectivity index (χ2n) is 5.68. The van der Waals surface area contributed by atoms with E-state index >= 15 is 0 Å². The van der Waals surface area contributed by atoms with Gasteiger partial charge < -0.3 is 14.8 Å². The molecule has 1 atom stereocenters. The van der Waals surface area contributed by atoms with E-state index in [9.17, 15) is 4.79 Å². The number of aromatic nitrogens is 1. The summed E-state index contributed by atoms with van der Waals surface area (Å²) < 4.78 is 11.3. The van der Waals surface area contributed by atoms with Gasteiger partial charge in [-0.2, -0.15) is 0 Å². The van der Waals surface area contributed by atoms with E-state index in [1.807, 2.05) is 55.5 Å². The summed E-state index contributed by atoms with van der Waals surface area (Å²) in [5.74, 6) is 0.986. The molecule has 1 aromatic heterocycles. The molecule has 2 aromatic carbocycles. The van der Waals surface area contributed by atoms with Crippen LogP contribution >= 0.6 is 0 Å². The van der Waals surface area contributed by atoms with Gasteiger partial charge in [-0.05, 0) is 31.2 Å². The number of carbonyl (C=O) groups is 1. The Balaban J connectivity index is 1.58. The molecular weight excluding hydrogens is 304 g/mol. The van der Waals surface area contributed by atoms with Gasteiger partial charge in [-0.3, -0.25) is 9.78 Å². The molecule has 0 bridgehead atoms. The SMILES string of the molecule is Cc1ccc2cccc(NC(=O)[C@H]3COc4ccccc4O3)c2n1. The molecule has 1 aliphatic heterocycles.